The zero-order valence-corrected chi connectivity index (χ0v) is 23.1. The van der Waals surface area contributed by atoms with E-state index in [9.17, 15) is 9.90 Å². The van der Waals surface area contributed by atoms with Crippen LogP contribution in [-0.2, 0) is 17.9 Å². The third kappa shape index (κ3) is 6.89. The van der Waals surface area contributed by atoms with Crippen LogP contribution in [0.5, 0.6) is 11.5 Å². The molecule has 0 atom stereocenters. The van der Waals surface area contributed by atoms with Gasteiger partial charge in [0.1, 0.15) is 11.5 Å². The number of aromatic nitrogens is 3. The van der Waals surface area contributed by atoms with Crippen LogP contribution in [-0.4, -0.2) is 32.4 Å². The van der Waals surface area contributed by atoms with E-state index in [0.717, 1.165) is 22.9 Å². The average molecular weight is 570 g/mol. The van der Waals surface area contributed by atoms with Crippen LogP contribution in [0.4, 0.5) is 0 Å². The van der Waals surface area contributed by atoms with Gasteiger partial charge in [-0.2, -0.15) is 0 Å². The molecule has 0 fully saturated rings. The number of nitrogens with zero attached hydrogens (tertiary/aromatic N) is 3. The van der Waals surface area contributed by atoms with E-state index >= 15 is 0 Å². The molecule has 0 saturated carbocycles. The van der Waals surface area contributed by atoms with E-state index in [0.29, 0.717) is 57.8 Å². The molecule has 7 nitrogen and oxygen atoms in total. The summed E-state index contributed by atoms with van der Waals surface area (Å²) < 4.78 is 13.6. The largest absolute Gasteiger partial charge is 0.490 e. The second-order valence-corrected chi connectivity index (χ2v) is 9.91. The number of benzene rings is 3. The van der Waals surface area contributed by atoms with Gasteiger partial charge in [-0.05, 0) is 91.3 Å². The highest BCUT2D eigenvalue weighted by atomic mass is 35.5. The number of thioether (sulfide) groups is 1. The molecule has 0 radical (unpaired) electrons. The van der Waals surface area contributed by atoms with Crippen molar-refractivity contribution in [1.29, 1.82) is 0 Å². The maximum absolute atomic E-state index is 12.2. The van der Waals surface area contributed by atoms with Crippen LogP contribution in [0.2, 0.25) is 10.0 Å². The standard InChI is InChI=1S/C28H25Cl2N3O4S/c1-3-33-26(20-8-12-22(30)13-9-20)31-32-28(33)38-25(27(34)35)16-19-7-14-23(24(15-19)36-4-2)37-17-18-5-10-21(29)11-6-18/h5-16H,3-4,17H2,1-2H3,(H,34,35)/b25-16-. The van der Waals surface area contributed by atoms with Crippen molar-refractivity contribution in [2.24, 2.45) is 0 Å². The normalized spacial score (nSPS) is 11.4. The van der Waals surface area contributed by atoms with Crippen molar-refractivity contribution in [2.45, 2.75) is 32.2 Å². The first-order valence-corrected chi connectivity index (χ1v) is 13.4. The molecule has 0 aliphatic heterocycles. The summed E-state index contributed by atoms with van der Waals surface area (Å²) in [7, 11) is 0. The minimum Gasteiger partial charge on any atom is -0.490 e. The van der Waals surface area contributed by atoms with Gasteiger partial charge in [0, 0.05) is 22.2 Å². The molecule has 1 aromatic heterocycles. The Labute approximate surface area is 235 Å². The Bertz CT molecular complexity index is 1440. The molecule has 10 heteroatoms. The third-order valence-corrected chi connectivity index (χ3v) is 6.92. The van der Waals surface area contributed by atoms with Crippen molar-refractivity contribution in [3.05, 3.63) is 92.8 Å². The molecule has 0 saturated heterocycles. The van der Waals surface area contributed by atoms with Crippen molar-refractivity contribution in [3.63, 3.8) is 0 Å². The molecule has 0 spiro atoms. The van der Waals surface area contributed by atoms with Gasteiger partial charge in [-0.25, -0.2) is 4.79 Å². The number of hydrogen-bond acceptors (Lipinski definition) is 6. The monoisotopic (exact) mass is 569 g/mol. The highest BCUT2D eigenvalue weighted by Gasteiger charge is 2.19. The fraction of sp³-hybridized carbons (Fsp3) is 0.179. The number of ether oxygens (including phenoxy) is 2. The van der Waals surface area contributed by atoms with Gasteiger partial charge in [-0.1, -0.05) is 41.4 Å². The van der Waals surface area contributed by atoms with E-state index in [4.69, 9.17) is 32.7 Å². The first-order chi connectivity index (χ1) is 18.4. The van der Waals surface area contributed by atoms with E-state index in [1.165, 1.54) is 0 Å². The Morgan fingerprint density at radius 2 is 1.63 bits per heavy atom. The van der Waals surface area contributed by atoms with E-state index in [-0.39, 0.29) is 4.91 Å². The minimum absolute atomic E-state index is 0.0898. The molecule has 1 N–H and O–H groups in total. The molecule has 3 aromatic carbocycles. The lowest BCUT2D eigenvalue weighted by Gasteiger charge is -2.13. The SMILES string of the molecule is CCOc1cc(/C=C(\Sc2nnc(-c3ccc(Cl)cc3)n2CC)C(=O)O)ccc1OCc1ccc(Cl)cc1. The number of carbonyl (C=O) groups is 1. The summed E-state index contributed by atoms with van der Waals surface area (Å²) in [5, 5.41) is 20.2. The molecule has 0 amide bonds. The average Bonchev–Trinajstić information content (AvgIpc) is 3.32. The lowest BCUT2D eigenvalue weighted by Crippen LogP contribution is -2.03. The first-order valence-electron chi connectivity index (χ1n) is 11.8. The second-order valence-electron chi connectivity index (χ2n) is 8.03. The van der Waals surface area contributed by atoms with E-state index in [2.05, 4.69) is 10.2 Å². The minimum atomic E-state index is -1.07. The van der Waals surface area contributed by atoms with Crippen molar-refractivity contribution in [1.82, 2.24) is 14.8 Å². The van der Waals surface area contributed by atoms with Crippen LogP contribution in [0, 0.1) is 0 Å². The summed E-state index contributed by atoms with van der Waals surface area (Å²) >= 11 is 13.0. The van der Waals surface area contributed by atoms with E-state index in [1.807, 2.05) is 42.7 Å². The topological polar surface area (TPSA) is 86.5 Å². The molecular weight excluding hydrogens is 545 g/mol. The maximum atomic E-state index is 12.2. The van der Waals surface area contributed by atoms with Crippen LogP contribution in [0.15, 0.2) is 76.8 Å². The Balaban J connectivity index is 1.58. The Hall–Kier alpha value is -3.46. The van der Waals surface area contributed by atoms with Gasteiger partial charge in [0.15, 0.2) is 22.5 Å². The van der Waals surface area contributed by atoms with Crippen LogP contribution in [0.1, 0.15) is 25.0 Å². The van der Waals surface area contributed by atoms with E-state index in [1.54, 1.807) is 48.5 Å². The molecule has 4 aromatic rings. The Kier molecular flexibility index (Phi) is 9.33. The molecule has 196 valence electrons. The lowest BCUT2D eigenvalue weighted by atomic mass is 10.2. The maximum Gasteiger partial charge on any atom is 0.342 e. The van der Waals surface area contributed by atoms with Crippen LogP contribution in [0.25, 0.3) is 17.5 Å². The summed E-state index contributed by atoms with van der Waals surface area (Å²) in [6.07, 6.45) is 1.58. The zero-order chi connectivity index (χ0) is 27.1. The van der Waals surface area contributed by atoms with Crippen LogP contribution >= 0.6 is 35.0 Å². The summed E-state index contributed by atoms with van der Waals surface area (Å²) in [6.45, 7) is 5.16. The third-order valence-electron chi connectivity index (χ3n) is 5.42. The highest BCUT2D eigenvalue weighted by Crippen LogP contribution is 2.34. The summed E-state index contributed by atoms with van der Waals surface area (Å²) in [5.41, 5.74) is 2.45. The van der Waals surface area contributed by atoms with Crippen molar-refractivity contribution >= 4 is 47.0 Å². The highest BCUT2D eigenvalue weighted by molar-refractivity contribution is 8.04. The number of hydrogen-bond donors (Lipinski definition) is 1. The number of rotatable bonds is 11. The first kappa shape index (κ1) is 27.6. The Morgan fingerprint density at radius 3 is 2.26 bits per heavy atom. The summed E-state index contributed by atoms with van der Waals surface area (Å²) in [6, 6.07) is 20.0. The summed E-state index contributed by atoms with van der Waals surface area (Å²) in [5.74, 6) is 0.639. The van der Waals surface area contributed by atoms with E-state index < -0.39 is 5.97 Å². The van der Waals surface area contributed by atoms with Crippen molar-refractivity contribution in [2.75, 3.05) is 6.61 Å². The zero-order valence-electron chi connectivity index (χ0n) is 20.7. The quantitative estimate of drug-likeness (QED) is 0.148. The predicted molar refractivity (Wildman–Crippen MR) is 151 cm³/mol. The molecule has 0 unspecified atom stereocenters. The fourth-order valence-corrected chi connectivity index (χ4v) is 4.73. The molecule has 38 heavy (non-hydrogen) atoms. The van der Waals surface area contributed by atoms with Gasteiger partial charge in [0.05, 0.1) is 6.61 Å². The van der Waals surface area contributed by atoms with Gasteiger partial charge >= 0.3 is 5.97 Å². The second kappa shape index (κ2) is 12.9. The molecule has 0 aliphatic rings. The molecule has 1 heterocycles. The summed E-state index contributed by atoms with van der Waals surface area (Å²) in [4.78, 5) is 12.2. The molecular formula is C28H25Cl2N3O4S. The van der Waals surface area contributed by atoms with Gasteiger partial charge in [-0.3, -0.25) is 0 Å². The lowest BCUT2D eigenvalue weighted by molar-refractivity contribution is -0.131. The predicted octanol–water partition coefficient (Wildman–Crippen LogP) is 7.47. The number of halogens is 2. The van der Waals surface area contributed by atoms with Crippen LogP contribution in [0.3, 0.4) is 0 Å². The van der Waals surface area contributed by atoms with Crippen molar-refractivity contribution in [3.8, 4) is 22.9 Å². The number of carboxylic acid groups (broad SMARTS) is 1. The Morgan fingerprint density at radius 1 is 0.947 bits per heavy atom. The number of carboxylic acids is 1. The molecule has 0 bridgehead atoms. The molecule has 0 aliphatic carbocycles. The van der Waals surface area contributed by atoms with Gasteiger partial charge in [0.25, 0.3) is 0 Å². The van der Waals surface area contributed by atoms with Gasteiger partial charge in [0.2, 0.25) is 0 Å². The van der Waals surface area contributed by atoms with Crippen LogP contribution < -0.4 is 9.47 Å². The van der Waals surface area contributed by atoms with Crippen molar-refractivity contribution < 1.29 is 19.4 Å². The van der Waals surface area contributed by atoms with Gasteiger partial charge < -0.3 is 19.1 Å². The van der Waals surface area contributed by atoms with Gasteiger partial charge in [-0.15, -0.1) is 10.2 Å². The number of aliphatic carboxylic acids is 1. The molecule has 4 rings (SSSR count). The smallest absolute Gasteiger partial charge is 0.342 e. The fourth-order valence-electron chi connectivity index (χ4n) is 3.59.